The number of carbonyl (C=O) groups is 2. The molecule has 98 valence electrons. The summed E-state index contributed by atoms with van der Waals surface area (Å²) in [7, 11) is 0. The molecular weight excluding hydrogens is 252 g/mol. The van der Waals surface area contributed by atoms with E-state index in [9.17, 15) is 9.59 Å². The maximum atomic E-state index is 11.6. The van der Waals surface area contributed by atoms with E-state index in [4.69, 9.17) is 11.6 Å². The molecule has 2 N–H and O–H groups in total. The molecular formula is C13H17ClN2O2. The lowest BCUT2D eigenvalue weighted by atomic mass is 10.2. The molecule has 18 heavy (non-hydrogen) atoms. The number of nitrogens with one attached hydrogen (secondary N) is 2. The van der Waals surface area contributed by atoms with Crippen LogP contribution in [0.25, 0.3) is 0 Å². The number of carbonyl (C=O) groups excluding carboxylic acids is 2. The first-order chi connectivity index (χ1) is 8.43. The average Bonchev–Trinajstić information content (AvgIpc) is 2.33. The summed E-state index contributed by atoms with van der Waals surface area (Å²) in [6, 6.07) is 5.08. The zero-order chi connectivity index (χ0) is 13.7. The van der Waals surface area contributed by atoms with Crippen molar-refractivity contribution >= 4 is 29.1 Å². The van der Waals surface area contributed by atoms with Crippen LogP contribution in [0, 0.1) is 6.92 Å². The van der Waals surface area contributed by atoms with Crippen LogP contribution in [0.3, 0.4) is 0 Å². The molecule has 0 aliphatic heterocycles. The van der Waals surface area contributed by atoms with Crippen molar-refractivity contribution < 1.29 is 9.59 Å². The summed E-state index contributed by atoms with van der Waals surface area (Å²) in [5, 5.41) is 5.65. The van der Waals surface area contributed by atoms with Gasteiger partial charge in [0.05, 0.1) is 0 Å². The van der Waals surface area contributed by atoms with E-state index in [1.54, 1.807) is 18.2 Å². The Labute approximate surface area is 112 Å². The van der Waals surface area contributed by atoms with Crippen molar-refractivity contribution in [3.05, 3.63) is 28.8 Å². The first-order valence-corrected chi connectivity index (χ1v) is 6.19. The molecule has 0 radical (unpaired) electrons. The summed E-state index contributed by atoms with van der Waals surface area (Å²) in [6.45, 7) is 5.64. The smallest absolute Gasteiger partial charge is 0.313 e. The molecule has 1 unspecified atom stereocenters. The van der Waals surface area contributed by atoms with Gasteiger partial charge in [0.25, 0.3) is 0 Å². The lowest BCUT2D eigenvalue weighted by Gasteiger charge is -2.11. The fourth-order valence-corrected chi connectivity index (χ4v) is 1.43. The monoisotopic (exact) mass is 268 g/mol. The van der Waals surface area contributed by atoms with Crippen molar-refractivity contribution in [1.82, 2.24) is 5.32 Å². The Morgan fingerprint density at radius 3 is 2.56 bits per heavy atom. The maximum absolute atomic E-state index is 11.6. The summed E-state index contributed by atoms with van der Waals surface area (Å²) in [6.07, 6.45) is 0.773. The van der Waals surface area contributed by atoms with Gasteiger partial charge in [0.1, 0.15) is 0 Å². The predicted octanol–water partition coefficient (Wildman–Crippen LogP) is 2.50. The number of rotatable bonds is 3. The van der Waals surface area contributed by atoms with Crippen molar-refractivity contribution in [3.8, 4) is 0 Å². The first kappa shape index (κ1) is 14.5. The topological polar surface area (TPSA) is 58.2 Å². The summed E-state index contributed by atoms with van der Waals surface area (Å²) in [4.78, 5) is 23.1. The normalized spacial score (nSPS) is 11.8. The van der Waals surface area contributed by atoms with Crippen molar-refractivity contribution in [3.63, 3.8) is 0 Å². The van der Waals surface area contributed by atoms with Gasteiger partial charge >= 0.3 is 11.8 Å². The predicted molar refractivity (Wildman–Crippen MR) is 72.7 cm³/mol. The van der Waals surface area contributed by atoms with Gasteiger partial charge in [0, 0.05) is 16.8 Å². The lowest BCUT2D eigenvalue weighted by Crippen LogP contribution is -2.40. The highest BCUT2D eigenvalue weighted by molar-refractivity contribution is 6.40. The minimum Gasteiger partial charge on any atom is -0.345 e. The molecule has 1 atom stereocenters. The van der Waals surface area contributed by atoms with Gasteiger partial charge in [-0.25, -0.2) is 0 Å². The van der Waals surface area contributed by atoms with E-state index in [0.717, 1.165) is 12.0 Å². The third kappa shape index (κ3) is 4.04. The second kappa shape index (κ2) is 6.40. The molecule has 2 amide bonds. The van der Waals surface area contributed by atoms with Gasteiger partial charge in [0.15, 0.2) is 0 Å². The number of anilines is 1. The van der Waals surface area contributed by atoms with Gasteiger partial charge in [-0.3, -0.25) is 9.59 Å². The van der Waals surface area contributed by atoms with E-state index < -0.39 is 11.8 Å². The molecule has 0 heterocycles. The highest BCUT2D eigenvalue weighted by Gasteiger charge is 2.15. The fraction of sp³-hybridized carbons (Fsp3) is 0.385. The summed E-state index contributed by atoms with van der Waals surface area (Å²) < 4.78 is 0. The molecule has 5 heteroatoms. The van der Waals surface area contributed by atoms with Crippen LogP contribution in [0.15, 0.2) is 18.2 Å². The number of halogens is 1. The maximum Gasteiger partial charge on any atom is 0.313 e. The molecule has 0 saturated heterocycles. The first-order valence-electron chi connectivity index (χ1n) is 5.82. The van der Waals surface area contributed by atoms with E-state index >= 15 is 0 Å². The number of aryl methyl sites for hydroxylation is 1. The van der Waals surface area contributed by atoms with Crippen LogP contribution >= 0.6 is 11.6 Å². The van der Waals surface area contributed by atoms with E-state index in [0.29, 0.717) is 10.7 Å². The molecule has 1 rings (SSSR count). The Morgan fingerprint density at radius 1 is 1.33 bits per heavy atom. The third-order valence-electron chi connectivity index (χ3n) is 2.63. The summed E-state index contributed by atoms with van der Waals surface area (Å²) in [5.74, 6) is -1.32. The number of hydrogen-bond acceptors (Lipinski definition) is 2. The molecule has 1 aromatic rings. The Morgan fingerprint density at radius 2 is 2.00 bits per heavy atom. The summed E-state index contributed by atoms with van der Waals surface area (Å²) in [5.41, 5.74) is 1.42. The standard InChI is InChI=1S/C13H17ClN2O2/c1-4-9(3)15-12(17)13(18)16-10-6-5-8(2)11(14)7-10/h5-7,9H,4H2,1-3H3,(H,15,17)(H,16,18). The quantitative estimate of drug-likeness (QED) is 0.828. The van der Waals surface area contributed by atoms with Crippen LogP contribution in [0.4, 0.5) is 5.69 Å². The van der Waals surface area contributed by atoms with Crippen LogP contribution in [0.1, 0.15) is 25.8 Å². The largest absolute Gasteiger partial charge is 0.345 e. The van der Waals surface area contributed by atoms with E-state index in [1.807, 2.05) is 20.8 Å². The molecule has 4 nitrogen and oxygen atoms in total. The Bertz CT molecular complexity index is 460. The van der Waals surface area contributed by atoms with Gasteiger partial charge < -0.3 is 10.6 Å². The zero-order valence-corrected chi connectivity index (χ0v) is 11.5. The van der Waals surface area contributed by atoms with Gasteiger partial charge in [-0.15, -0.1) is 0 Å². The number of benzene rings is 1. The second-order valence-electron chi connectivity index (χ2n) is 4.20. The van der Waals surface area contributed by atoms with E-state index in [2.05, 4.69) is 10.6 Å². The van der Waals surface area contributed by atoms with Gasteiger partial charge in [-0.2, -0.15) is 0 Å². The van der Waals surface area contributed by atoms with Crippen LogP contribution in [-0.2, 0) is 9.59 Å². The van der Waals surface area contributed by atoms with Crippen LogP contribution in [0.5, 0.6) is 0 Å². The highest BCUT2D eigenvalue weighted by atomic mass is 35.5. The van der Waals surface area contributed by atoms with Crippen molar-refractivity contribution in [2.24, 2.45) is 0 Å². The average molecular weight is 269 g/mol. The Hall–Kier alpha value is -1.55. The molecule has 1 aromatic carbocycles. The fourth-order valence-electron chi connectivity index (χ4n) is 1.25. The minimum atomic E-state index is -0.685. The van der Waals surface area contributed by atoms with Crippen LogP contribution in [-0.4, -0.2) is 17.9 Å². The lowest BCUT2D eigenvalue weighted by molar-refractivity contribution is -0.136. The Balaban J connectivity index is 2.64. The molecule has 0 spiro atoms. The molecule has 0 aliphatic carbocycles. The molecule has 0 saturated carbocycles. The van der Waals surface area contributed by atoms with Gasteiger partial charge in [-0.05, 0) is 38.0 Å². The minimum absolute atomic E-state index is 0.0233. The number of hydrogen-bond donors (Lipinski definition) is 2. The molecule has 0 aromatic heterocycles. The van der Waals surface area contributed by atoms with E-state index in [-0.39, 0.29) is 6.04 Å². The summed E-state index contributed by atoms with van der Waals surface area (Å²) >= 11 is 5.93. The van der Waals surface area contributed by atoms with Gasteiger partial charge in [0.2, 0.25) is 0 Å². The SMILES string of the molecule is CCC(C)NC(=O)C(=O)Nc1ccc(C)c(Cl)c1. The molecule has 0 fully saturated rings. The van der Waals surface area contributed by atoms with Crippen molar-refractivity contribution in [2.45, 2.75) is 33.2 Å². The highest BCUT2D eigenvalue weighted by Crippen LogP contribution is 2.19. The van der Waals surface area contributed by atoms with Crippen LogP contribution < -0.4 is 10.6 Å². The van der Waals surface area contributed by atoms with Gasteiger partial charge in [-0.1, -0.05) is 24.6 Å². The Kier molecular flexibility index (Phi) is 5.16. The molecule has 0 bridgehead atoms. The van der Waals surface area contributed by atoms with Crippen LogP contribution in [0.2, 0.25) is 5.02 Å². The second-order valence-corrected chi connectivity index (χ2v) is 4.61. The number of amides is 2. The molecule has 0 aliphatic rings. The van der Waals surface area contributed by atoms with Crippen molar-refractivity contribution in [1.29, 1.82) is 0 Å². The zero-order valence-electron chi connectivity index (χ0n) is 10.7. The third-order valence-corrected chi connectivity index (χ3v) is 3.03. The van der Waals surface area contributed by atoms with E-state index in [1.165, 1.54) is 0 Å². The van der Waals surface area contributed by atoms with Crippen molar-refractivity contribution in [2.75, 3.05) is 5.32 Å².